The Morgan fingerprint density at radius 2 is 2.25 bits per heavy atom. The summed E-state index contributed by atoms with van der Waals surface area (Å²) in [6.07, 6.45) is 1.66. The first kappa shape index (κ1) is 10.8. The van der Waals surface area contributed by atoms with Crippen molar-refractivity contribution in [2.45, 2.75) is 0 Å². The van der Waals surface area contributed by atoms with E-state index in [0.717, 1.165) is 0 Å². The van der Waals surface area contributed by atoms with Crippen LogP contribution in [0.4, 0.5) is 0 Å². The van der Waals surface area contributed by atoms with Crippen LogP contribution in [0.5, 0.6) is 0 Å². The van der Waals surface area contributed by atoms with Crippen LogP contribution >= 0.6 is 11.6 Å². The number of carbonyl (C=O) groups is 1. The summed E-state index contributed by atoms with van der Waals surface area (Å²) in [6.45, 7) is 0. The molecule has 5 nitrogen and oxygen atoms in total. The lowest BCUT2D eigenvalue weighted by atomic mass is 10.2. The van der Waals surface area contributed by atoms with Crippen LogP contribution in [0.3, 0.4) is 0 Å². The first-order valence-electron chi connectivity index (χ1n) is 4.64. The minimum absolute atomic E-state index is 0.222. The Morgan fingerprint density at radius 1 is 1.56 bits per heavy atom. The molecule has 1 amide bonds. The number of aromatic amines is 1. The first-order valence-corrected chi connectivity index (χ1v) is 5.02. The van der Waals surface area contributed by atoms with Crippen molar-refractivity contribution >= 4 is 28.4 Å². The Bertz CT molecular complexity index is 627. The van der Waals surface area contributed by atoms with Gasteiger partial charge in [0.2, 0.25) is 5.56 Å². The summed E-state index contributed by atoms with van der Waals surface area (Å²) in [5, 5.41) is 3.50. The molecule has 0 bridgehead atoms. The quantitative estimate of drug-likeness (QED) is 0.776. The zero-order valence-corrected chi connectivity index (χ0v) is 9.55. The Hall–Kier alpha value is -1.75. The number of nitrogens with one attached hydrogen (secondary N) is 2. The van der Waals surface area contributed by atoms with Gasteiger partial charge < -0.3 is 14.9 Å². The molecule has 84 valence electrons. The van der Waals surface area contributed by atoms with Gasteiger partial charge in [0.05, 0.1) is 10.5 Å². The molecule has 0 aliphatic heterocycles. The number of hydrogen-bond donors (Lipinski definition) is 2. The number of fused-ring (bicyclic) bond motifs is 1. The third kappa shape index (κ3) is 1.49. The minimum atomic E-state index is -0.348. The zero-order chi connectivity index (χ0) is 11.9. The third-order valence-corrected chi connectivity index (χ3v) is 2.69. The van der Waals surface area contributed by atoms with E-state index in [1.165, 1.54) is 13.1 Å². The van der Waals surface area contributed by atoms with Gasteiger partial charge in [0.15, 0.2) is 0 Å². The highest BCUT2D eigenvalue weighted by Crippen LogP contribution is 2.25. The van der Waals surface area contributed by atoms with Crippen molar-refractivity contribution in [1.82, 2.24) is 14.9 Å². The van der Waals surface area contributed by atoms with Crippen LogP contribution < -0.4 is 10.9 Å². The fourth-order valence-corrected chi connectivity index (χ4v) is 1.98. The van der Waals surface area contributed by atoms with E-state index in [4.69, 9.17) is 11.6 Å². The van der Waals surface area contributed by atoms with Gasteiger partial charge in [0, 0.05) is 31.7 Å². The van der Waals surface area contributed by atoms with Crippen LogP contribution in [0.1, 0.15) is 10.5 Å². The maximum atomic E-state index is 11.6. The lowest BCUT2D eigenvalue weighted by Crippen LogP contribution is -2.23. The average molecular weight is 240 g/mol. The smallest absolute Gasteiger partial charge is 0.269 e. The van der Waals surface area contributed by atoms with Gasteiger partial charge in [0.1, 0.15) is 5.69 Å². The topological polar surface area (TPSA) is 66.9 Å². The highest BCUT2D eigenvalue weighted by molar-refractivity contribution is 6.36. The Balaban J connectivity index is 2.92. The molecule has 0 unspecified atom stereocenters. The molecule has 0 aliphatic carbocycles. The Labute approximate surface area is 96.0 Å². The second kappa shape index (κ2) is 3.68. The normalized spacial score (nSPS) is 10.7. The van der Waals surface area contributed by atoms with Gasteiger partial charge in [-0.2, -0.15) is 0 Å². The molecule has 0 aromatic carbocycles. The molecule has 2 rings (SSSR count). The summed E-state index contributed by atoms with van der Waals surface area (Å²) in [6, 6.07) is 1.38. The van der Waals surface area contributed by atoms with Crippen molar-refractivity contribution in [3.05, 3.63) is 33.3 Å². The fourth-order valence-electron chi connectivity index (χ4n) is 1.69. The van der Waals surface area contributed by atoms with Crippen LogP contribution in [0.15, 0.2) is 17.1 Å². The van der Waals surface area contributed by atoms with E-state index < -0.39 is 0 Å². The molecule has 2 aromatic heterocycles. The second-order valence-electron chi connectivity index (χ2n) is 3.44. The summed E-state index contributed by atoms with van der Waals surface area (Å²) < 4.78 is 1.71. The molecular formula is C10H10ClN3O2. The van der Waals surface area contributed by atoms with Gasteiger partial charge in [-0.1, -0.05) is 11.6 Å². The van der Waals surface area contributed by atoms with E-state index >= 15 is 0 Å². The Morgan fingerprint density at radius 3 is 2.88 bits per heavy atom. The number of pyridine rings is 1. The van der Waals surface area contributed by atoms with E-state index in [-0.39, 0.29) is 17.2 Å². The molecule has 0 aliphatic rings. The molecule has 2 N–H and O–H groups in total. The Kier molecular flexibility index (Phi) is 2.47. The molecule has 6 heteroatoms. The van der Waals surface area contributed by atoms with E-state index in [9.17, 15) is 9.59 Å². The monoisotopic (exact) mass is 239 g/mol. The predicted molar refractivity (Wildman–Crippen MR) is 61.9 cm³/mol. The van der Waals surface area contributed by atoms with Crippen LogP contribution in [-0.4, -0.2) is 22.5 Å². The average Bonchev–Trinajstić information content (AvgIpc) is 2.52. The molecule has 0 spiro atoms. The summed E-state index contributed by atoms with van der Waals surface area (Å²) >= 11 is 5.96. The van der Waals surface area contributed by atoms with Gasteiger partial charge in [0.25, 0.3) is 5.91 Å². The molecule has 16 heavy (non-hydrogen) atoms. The van der Waals surface area contributed by atoms with Gasteiger partial charge in [-0.25, -0.2) is 0 Å². The molecular weight excluding hydrogens is 230 g/mol. The highest BCUT2D eigenvalue weighted by Gasteiger charge is 2.15. The van der Waals surface area contributed by atoms with Gasteiger partial charge in [-0.3, -0.25) is 9.59 Å². The summed E-state index contributed by atoms with van der Waals surface area (Å²) in [5.74, 6) is -0.347. The van der Waals surface area contributed by atoms with E-state index in [0.29, 0.717) is 15.9 Å². The number of H-pyrrole nitrogens is 1. The number of hydrogen-bond acceptors (Lipinski definition) is 2. The number of nitrogens with zero attached hydrogens (tertiary/aromatic N) is 1. The summed E-state index contributed by atoms with van der Waals surface area (Å²) in [5.41, 5.74) is 0.488. The van der Waals surface area contributed by atoms with Crippen molar-refractivity contribution in [3.8, 4) is 0 Å². The first-order chi connectivity index (χ1) is 7.54. The molecule has 0 saturated carbocycles. The number of aromatic nitrogens is 2. The molecule has 0 radical (unpaired) electrons. The van der Waals surface area contributed by atoms with E-state index in [1.807, 2.05) is 0 Å². The van der Waals surface area contributed by atoms with Crippen molar-refractivity contribution in [3.63, 3.8) is 0 Å². The largest absolute Gasteiger partial charge is 0.354 e. The SMILES string of the molecule is CNC(=O)c1[nH]c(=O)cc2c(Cl)cn(C)c12. The lowest BCUT2D eigenvalue weighted by molar-refractivity contribution is 0.0959. The van der Waals surface area contributed by atoms with E-state index in [1.54, 1.807) is 17.8 Å². The predicted octanol–water partition coefficient (Wildman–Crippen LogP) is 0.880. The van der Waals surface area contributed by atoms with Crippen molar-refractivity contribution < 1.29 is 4.79 Å². The maximum Gasteiger partial charge on any atom is 0.269 e. The molecule has 0 saturated heterocycles. The number of aryl methyl sites for hydroxylation is 1. The molecule has 2 aromatic rings. The van der Waals surface area contributed by atoms with E-state index in [2.05, 4.69) is 10.3 Å². The number of carbonyl (C=O) groups excluding carboxylic acids is 1. The maximum absolute atomic E-state index is 11.6. The van der Waals surface area contributed by atoms with Crippen LogP contribution in [0, 0.1) is 0 Å². The highest BCUT2D eigenvalue weighted by atomic mass is 35.5. The molecule has 0 atom stereocenters. The van der Waals surface area contributed by atoms with Crippen molar-refractivity contribution in [2.24, 2.45) is 7.05 Å². The lowest BCUT2D eigenvalue weighted by Gasteiger charge is -2.03. The minimum Gasteiger partial charge on any atom is -0.354 e. The fraction of sp³-hybridized carbons (Fsp3) is 0.200. The van der Waals surface area contributed by atoms with Crippen LogP contribution in [0.25, 0.3) is 10.9 Å². The van der Waals surface area contributed by atoms with Crippen molar-refractivity contribution in [2.75, 3.05) is 7.05 Å². The molecule has 0 fully saturated rings. The van der Waals surface area contributed by atoms with Gasteiger partial charge in [-0.15, -0.1) is 0 Å². The number of amides is 1. The third-order valence-electron chi connectivity index (χ3n) is 2.39. The zero-order valence-electron chi connectivity index (χ0n) is 8.80. The van der Waals surface area contributed by atoms with Crippen LogP contribution in [-0.2, 0) is 7.05 Å². The van der Waals surface area contributed by atoms with Crippen molar-refractivity contribution in [1.29, 1.82) is 0 Å². The number of rotatable bonds is 1. The molecule has 2 heterocycles. The van der Waals surface area contributed by atoms with Gasteiger partial charge in [-0.05, 0) is 0 Å². The second-order valence-corrected chi connectivity index (χ2v) is 3.85. The summed E-state index contributed by atoms with van der Waals surface area (Å²) in [7, 11) is 3.27. The summed E-state index contributed by atoms with van der Waals surface area (Å²) in [4.78, 5) is 25.5. The standard InChI is InChI=1S/C10H10ClN3O2/c1-12-10(16)8-9-5(3-7(15)13-8)6(11)4-14(9)2/h3-4H,1-2H3,(H,12,16)(H,13,15). The number of halogens is 1. The van der Waals surface area contributed by atoms with Crippen LogP contribution in [0.2, 0.25) is 5.02 Å². The van der Waals surface area contributed by atoms with Gasteiger partial charge >= 0.3 is 0 Å².